The summed E-state index contributed by atoms with van der Waals surface area (Å²) < 4.78 is 0. The van der Waals surface area contributed by atoms with Gasteiger partial charge in [0.15, 0.2) is 0 Å². The van der Waals surface area contributed by atoms with Crippen molar-refractivity contribution in [2.24, 2.45) is 35.5 Å². The van der Waals surface area contributed by atoms with Gasteiger partial charge in [0.25, 0.3) is 0 Å². The smallest absolute Gasteiger partial charge is 0.0334 e. The molecular weight excluding hydrogens is 168 g/mol. The van der Waals surface area contributed by atoms with E-state index in [9.17, 15) is 0 Å². The van der Waals surface area contributed by atoms with Gasteiger partial charge in [0.2, 0.25) is 0 Å². The van der Waals surface area contributed by atoms with Gasteiger partial charge >= 0.3 is 0 Å². The first-order valence-electron chi connectivity index (χ1n) is 6.59. The normalized spacial score (nSPS) is 42.4. The molecule has 2 fully saturated rings. The number of rotatable bonds is 2. The van der Waals surface area contributed by atoms with E-state index in [2.05, 4.69) is 27.7 Å². The summed E-state index contributed by atoms with van der Waals surface area (Å²) >= 11 is 0. The van der Waals surface area contributed by atoms with Crippen LogP contribution in [0.2, 0.25) is 0 Å². The molecule has 0 aromatic carbocycles. The van der Waals surface area contributed by atoms with E-state index in [0.29, 0.717) is 0 Å². The molecule has 0 spiro atoms. The highest BCUT2D eigenvalue weighted by molar-refractivity contribution is 4.93. The fraction of sp³-hybridized carbons (Fsp3) is 1.00. The highest BCUT2D eigenvalue weighted by Gasteiger charge is 2.44. The van der Waals surface area contributed by atoms with Crippen molar-refractivity contribution in [3.8, 4) is 0 Å². The Hall–Kier alpha value is 0. The van der Waals surface area contributed by atoms with Crippen LogP contribution in [0.5, 0.6) is 0 Å². The lowest BCUT2D eigenvalue weighted by Gasteiger charge is -2.39. The molecule has 82 valence electrons. The first-order chi connectivity index (χ1) is 6.59. The van der Waals surface area contributed by atoms with Crippen LogP contribution in [0.15, 0.2) is 0 Å². The van der Waals surface area contributed by atoms with E-state index >= 15 is 0 Å². The summed E-state index contributed by atoms with van der Waals surface area (Å²) in [6.07, 6.45) is 6.15. The van der Waals surface area contributed by atoms with Gasteiger partial charge in [-0.05, 0) is 61.2 Å². The topological polar surface area (TPSA) is 0 Å². The van der Waals surface area contributed by atoms with Gasteiger partial charge in [0, 0.05) is 0 Å². The van der Waals surface area contributed by atoms with Crippen LogP contribution in [0.1, 0.15) is 53.4 Å². The quantitative estimate of drug-likeness (QED) is 0.613. The predicted molar refractivity (Wildman–Crippen MR) is 62.1 cm³/mol. The third kappa shape index (κ3) is 1.73. The zero-order valence-corrected chi connectivity index (χ0v) is 10.3. The minimum atomic E-state index is 0.922. The SMILES string of the molecule is CC(C)C1CC2CCC(C1)C2C(C)C. The largest absolute Gasteiger partial charge is 0.0625 e. The third-order valence-electron chi connectivity index (χ3n) is 4.92. The van der Waals surface area contributed by atoms with E-state index < -0.39 is 0 Å². The number of hydrogen-bond donors (Lipinski definition) is 0. The van der Waals surface area contributed by atoms with Gasteiger partial charge < -0.3 is 0 Å². The van der Waals surface area contributed by atoms with Crippen LogP contribution in [0.3, 0.4) is 0 Å². The molecule has 0 radical (unpaired) electrons. The van der Waals surface area contributed by atoms with Crippen molar-refractivity contribution in [3.63, 3.8) is 0 Å². The summed E-state index contributed by atoms with van der Waals surface area (Å²) in [6.45, 7) is 9.71. The Kier molecular flexibility index (Phi) is 2.91. The molecule has 2 bridgehead atoms. The molecule has 2 unspecified atom stereocenters. The molecule has 0 aliphatic heterocycles. The number of fused-ring (bicyclic) bond motifs is 2. The highest BCUT2D eigenvalue weighted by Crippen LogP contribution is 2.53. The van der Waals surface area contributed by atoms with Gasteiger partial charge in [-0.25, -0.2) is 0 Å². The molecule has 14 heavy (non-hydrogen) atoms. The molecule has 2 rings (SSSR count). The van der Waals surface area contributed by atoms with E-state index in [1.807, 2.05) is 0 Å². The van der Waals surface area contributed by atoms with Crippen LogP contribution in [0.4, 0.5) is 0 Å². The van der Waals surface area contributed by atoms with Gasteiger partial charge in [0.05, 0.1) is 0 Å². The minimum absolute atomic E-state index is 0.922. The van der Waals surface area contributed by atoms with Crippen molar-refractivity contribution in [2.45, 2.75) is 53.4 Å². The molecule has 2 atom stereocenters. The van der Waals surface area contributed by atoms with Gasteiger partial charge in [-0.2, -0.15) is 0 Å². The molecular formula is C14H26. The third-order valence-corrected chi connectivity index (χ3v) is 4.92. The first kappa shape index (κ1) is 10.5. The summed E-state index contributed by atoms with van der Waals surface area (Å²) in [7, 11) is 0. The first-order valence-corrected chi connectivity index (χ1v) is 6.59. The standard InChI is InChI=1S/C14H26/c1-9(2)13-7-11-5-6-12(8-13)14(11)10(3)4/h9-14H,5-8H2,1-4H3. The molecule has 0 amide bonds. The van der Waals surface area contributed by atoms with Crippen LogP contribution in [0, 0.1) is 35.5 Å². The van der Waals surface area contributed by atoms with Crippen LogP contribution in [-0.4, -0.2) is 0 Å². The Bertz CT molecular complexity index is 178. The fourth-order valence-corrected chi connectivity index (χ4v) is 4.25. The highest BCUT2D eigenvalue weighted by atomic mass is 14.5. The van der Waals surface area contributed by atoms with E-state index in [0.717, 1.165) is 35.5 Å². The van der Waals surface area contributed by atoms with Crippen molar-refractivity contribution in [1.82, 2.24) is 0 Å². The molecule has 0 N–H and O–H groups in total. The Morgan fingerprint density at radius 2 is 1.29 bits per heavy atom. The second-order valence-electron chi connectivity index (χ2n) is 6.39. The van der Waals surface area contributed by atoms with Crippen LogP contribution >= 0.6 is 0 Å². The van der Waals surface area contributed by atoms with Crippen molar-refractivity contribution in [2.75, 3.05) is 0 Å². The number of hydrogen-bond acceptors (Lipinski definition) is 0. The molecule has 0 aromatic heterocycles. The molecule has 2 aliphatic rings. The van der Waals surface area contributed by atoms with E-state index in [4.69, 9.17) is 0 Å². The molecule has 0 aromatic rings. The van der Waals surface area contributed by atoms with E-state index in [1.54, 1.807) is 0 Å². The lowest BCUT2D eigenvalue weighted by Crippen LogP contribution is -2.31. The van der Waals surface area contributed by atoms with E-state index in [1.165, 1.54) is 25.7 Å². The molecule has 0 nitrogen and oxygen atoms in total. The minimum Gasteiger partial charge on any atom is -0.0625 e. The average molecular weight is 194 g/mol. The van der Waals surface area contributed by atoms with Crippen LogP contribution < -0.4 is 0 Å². The molecule has 0 heteroatoms. The zero-order valence-electron chi connectivity index (χ0n) is 10.3. The Morgan fingerprint density at radius 3 is 1.64 bits per heavy atom. The second kappa shape index (κ2) is 3.87. The lowest BCUT2D eigenvalue weighted by atomic mass is 9.66. The lowest BCUT2D eigenvalue weighted by molar-refractivity contribution is 0.103. The maximum absolute atomic E-state index is 2.44. The maximum atomic E-state index is 2.44. The second-order valence-corrected chi connectivity index (χ2v) is 6.39. The van der Waals surface area contributed by atoms with Gasteiger partial charge in [-0.15, -0.1) is 0 Å². The zero-order chi connectivity index (χ0) is 10.3. The van der Waals surface area contributed by atoms with Gasteiger partial charge in [0.1, 0.15) is 0 Å². The summed E-state index contributed by atoms with van der Waals surface area (Å²) in [6, 6.07) is 0. The van der Waals surface area contributed by atoms with Crippen molar-refractivity contribution >= 4 is 0 Å². The Morgan fingerprint density at radius 1 is 0.786 bits per heavy atom. The van der Waals surface area contributed by atoms with Gasteiger partial charge in [-0.3, -0.25) is 0 Å². The predicted octanol–water partition coefficient (Wildman–Crippen LogP) is 4.35. The van der Waals surface area contributed by atoms with Crippen LogP contribution in [0.25, 0.3) is 0 Å². The average Bonchev–Trinajstić information content (AvgIpc) is 2.37. The summed E-state index contributed by atoms with van der Waals surface area (Å²) in [5.41, 5.74) is 0. The summed E-state index contributed by atoms with van der Waals surface area (Å²) in [4.78, 5) is 0. The van der Waals surface area contributed by atoms with E-state index in [-0.39, 0.29) is 0 Å². The summed E-state index contributed by atoms with van der Waals surface area (Å²) in [5, 5.41) is 0. The van der Waals surface area contributed by atoms with Crippen LogP contribution in [-0.2, 0) is 0 Å². The van der Waals surface area contributed by atoms with Crippen molar-refractivity contribution in [3.05, 3.63) is 0 Å². The maximum Gasteiger partial charge on any atom is -0.0334 e. The Balaban J connectivity index is 2.05. The van der Waals surface area contributed by atoms with Crippen molar-refractivity contribution in [1.29, 1.82) is 0 Å². The molecule has 2 aliphatic carbocycles. The monoisotopic (exact) mass is 194 g/mol. The molecule has 2 saturated carbocycles. The summed E-state index contributed by atoms with van der Waals surface area (Å²) in [5.74, 6) is 6.14. The van der Waals surface area contributed by atoms with Crippen molar-refractivity contribution < 1.29 is 0 Å². The Labute approximate surface area is 89.5 Å². The molecule has 0 saturated heterocycles. The van der Waals surface area contributed by atoms with Gasteiger partial charge in [-0.1, -0.05) is 27.7 Å². The molecule has 0 heterocycles. The fourth-order valence-electron chi connectivity index (χ4n) is 4.25.